The molecule has 0 unspecified atom stereocenters. The van der Waals surface area contributed by atoms with Gasteiger partial charge in [0.15, 0.2) is 11.5 Å². The Morgan fingerprint density at radius 3 is 1.59 bits per heavy atom. The third kappa shape index (κ3) is 3.48. The Morgan fingerprint density at radius 1 is 0.391 bits per heavy atom. The number of nitrogens with zero attached hydrogens (tertiary/aromatic N) is 4. The van der Waals surface area contributed by atoms with Crippen LogP contribution in [0.2, 0.25) is 0 Å². The minimum absolute atomic E-state index is 0.805. The average molecular weight is 591 g/mol. The monoisotopic (exact) mass is 590 g/mol. The molecule has 1 aliphatic heterocycles. The molecule has 3 aromatic heterocycles. The number of pyridine rings is 1. The second kappa shape index (κ2) is 9.58. The zero-order valence-electron chi connectivity index (χ0n) is 24.7. The first-order valence-electron chi connectivity index (χ1n) is 15.5. The summed E-state index contributed by atoms with van der Waals surface area (Å²) in [5.41, 5.74) is 7.63. The third-order valence-electron chi connectivity index (χ3n) is 9.09. The number of hydrogen-bond acceptors (Lipinski definition) is 3. The lowest BCUT2D eigenvalue weighted by Gasteiger charge is -2.32. The van der Waals surface area contributed by atoms with Crippen LogP contribution in [0.15, 0.2) is 158 Å². The van der Waals surface area contributed by atoms with Gasteiger partial charge in [0.05, 0.1) is 33.4 Å². The fourth-order valence-electron chi connectivity index (χ4n) is 7.20. The van der Waals surface area contributed by atoms with Gasteiger partial charge in [0.2, 0.25) is 0 Å². The molecule has 5 heteroatoms. The average Bonchev–Trinajstić information content (AvgIpc) is 3.64. The molecule has 9 aromatic rings. The minimum Gasteiger partial charge on any atom is -0.453 e. The molecular formula is C41H26N4O. The number of ether oxygens (including phenoxy) is 1. The number of anilines is 3. The summed E-state index contributed by atoms with van der Waals surface area (Å²) in [6.45, 7) is 0. The van der Waals surface area contributed by atoms with Crippen molar-refractivity contribution in [1.29, 1.82) is 0 Å². The molecule has 0 aliphatic carbocycles. The van der Waals surface area contributed by atoms with Crippen LogP contribution in [0.4, 0.5) is 17.2 Å². The summed E-state index contributed by atoms with van der Waals surface area (Å²) in [5.74, 6) is 3.28. The Hall–Kier alpha value is -6.33. The molecule has 6 aromatic carbocycles. The van der Waals surface area contributed by atoms with Gasteiger partial charge in [-0.1, -0.05) is 97.1 Å². The molecule has 0 fully saturated rings. The fraction of sp³-hybridized carbons (Fsp3) is 0. The van der Waals surface area contributed by atoms with E-state index >= 15 is 0 Å². The van der Waals surface area contributed by atoms with Gasteiger partial charge in [-0.25, -0.2) is 4.98 Å². The lowest BCUT2D eigenvalue weighted by Crippen LogP contribution is -2.17. The zero-order valence-corrected chi connectivity index (χ0v) is 24.7. The summed E-state index contributed by atoms with van der Waals surface area (Å²) in [5, 5.41) is 4.82. The van der Waals surface area contributed by atoms with Crippen LogP contribution in [0.1, 0.15) is 0 Å². The Morgan fingerprint density at radius 2 is 0.913 bits per heavy atom. The summed E-state index contributed by atoms with van der Waals surface area (Å²) in [7, 11) is 0. The maximum atomic E-state index is 6.30. The van der Waals surface area contributed by atoms with Gasteiger partial charge in [0.1, 0.15) is 11.6 Å². The highest BCUT2D eigenvalue weighted by Gasteiger charge is 2.27. The van der Waals surface area contributed by atoms with Crippen molar-refractivity contribution in [1.82, 2.24) is 14.1 Å². The zero-order chi connectivity index (χ0) is 30.2. The molecule has 4 heterocycles. The molecule has 0 N–H and O–H groups in total. The van der Waals surface area contributed by atoms with Crippen molar-refractivity contribution < 1.29 is 4.74 Å². The fourth-order valence-corrected chi connectivity index (χ4v) is 7.20. The first-order valence-corrected chi connectivity index (χ1v) is 15.5. The predicted octanol–water partition coefficient (Wildman–Crippen LogP) is 10.9. The Labute approximate surface area is 264 Å². The molecule has 0 saturated heterocycles. The highest BCUT2D eigenvalue weighted by Crippen LogP contribution is 2.50. The van der Waals surface area contributed by atoms with Crippen LogP contribution in [-0.2, 0) is 0 Å². The van der Waals surface area contributed by atoms with Crippen LogP contribution in [0.5, 0.6) is 11.5 Å². The molecule has 0 radical (unpaired) electrons. The molecule has 5 nitrogen and oxygen atoms in total. The minimum atomic E-state index is 0.805. The van der Waals surface area contributed by atoms with Gasteiger partial charge in [0, 0.05) is 27.2 Å². The second-order valence-electron chi connectivity index (χ2n) is 11.6. The van der Waals surface area contributed by atoms with E-state index in [4.69, 9.17) is 9.72 Å². The highest BCUT2D eigenvalue weighted by atomic mass is 16.5. The molecule has 0 atom stereocenters. The van der Waals surface area contributed by atoms with Crippen molar-refractivity contribution in [2.75, 3.05) is 4.90 Å². The lowest BCUT2D eigenvalue weighted by molar-refractivity contribution is 0.476. The van der Waals surface area contributed by atoms with E-state index in [0.717, 1.165) is 56.7 Å². The summed E-state index contributed by atoms with van der Waals surface area (Å²) in [4.78, 5) is 7.62. The number of hydrogen-bond donors (Lipinski definition) is 0. The van der Waals surface area contributed by atoms with E-state index in [-0.39, 0.29) is 0 Å². The standard InChI is InChI=1S/C41H26N4O/c1-2-13-27(14-3-1)43-32-17-6-4-15-28(32)30-25-26-31-29-16-5-7-18-33(29)45(41(31)40(30)43)39-24-12-23-38(42-39)44-34-19-8-10-21-36(34)46-37-22-11-9-20-35(37)44/h1-26H. The Bertz CT molecular complexity index is 2590. The van der Waals surface area contributed by atoms with Crippen LogP contribution in [0.3, 0.4) is 0 Å². The number of para-hydroxylation sites is 7. The molecule has 10 rings (SSSR count). The molecule has 1 aliphatic rings. The number of benzene rings is 6. The van der Waals surface area contributed by atoms with E-state index in [0.29, 0.717) is 0 Å². The maximum Gasteiger partial charge on any atom is 0.151 e. The Kier molecular flexibility index (Phi) is 5.22. The molecule has 0 amide bonds. The van der Waals surface area contributed by atoms with Gasteiger partial charge in [-0.05, 0) is 60.7 Å². The van der Waals surface area contributed by atoms with Gasteiger partial charge in [0.25, 0.3) is 0 Å². The van der Waals surface area contributed by atoms with E-state index in [2.05, 4.69) is 135 Å². The molecule has 216 valence electrons. The van der Waals surface area contributed by atoms with E-state index in [1.807, 2.05) is 36.4 Å². The molecule has 46 heavy (non-hydrogen) atoms. The van der Waals surface area contributed by atoms with Gasteiger partial charge >= 0.3 is 0 Å². The Balaban J connectivity index is 1.31. The topological polar surface area (TPSA) is 35.2 Å². The number of fused-ring (bicyclic) bond motifs is 9. The highest BCUT2D eigenvalue weighted by molar-refractivity contribution is 6.23. The van der Waals surface area contributed by atoms with Crippen molar-refractivity contribution in [3.05, 3.63) is 158 Å². The maximum absolute atomic E-state index is 6.30. The van der Waals surface area contributed by atoms with Gasteiger partial charge in [-0.3, -0.25) is 9.47 Å². The molecule has 0 saturated carbocycles. The summed E-state index contributed by atoms with van der Waals surface area (Å²) < 4.78 is 11.0. The first kappa shape index (κ1) is 25.0. The van der Waals surface area contributed by atoms with Gasteiger partial charge < -0.3 is 9.30 Å². The predicted molar refractivity (Wildman–Crippen MR) is 188 cm³/mol. The quantitative estimate of drug-likeness (QED) is 0.205. The van der Waals surface area contributed by atoms with E-state index in [1.165, 1.54) is 27.1 Å². The number of rotatable bonds is 3. The first-order chi connectivity index (χ1) is 22.8. The van der Waals surface area contributed by atoms with E-state index in [9.17, 15) is 0 Å². The van der Waals surface area contributed by atoms with E-state index in [1.54, 1.807) is 0 Å². The normalized spacial score (nSPS) is 12.5. The summed E-state index contributed by atoms with van der Waals surface area (Å²) in [6, 6.07) is 55.1. The summed E-state index contributed by atoms with van der Waals surface area (Å²) >= 11 is 0. The van der Waals surface area contributed by atoms with Crippen LogP contribution < -0.4 is 9.64 Å². The second-order valence-corrected chi connectivity index (χ2v) is 11.6. The third-order valence-corrected chi connectivity index (χ3v) is 9.09. The largest absolute Gasteiger partial charge is 0.453 e. The molecular weight excluding hydrogens is 564 g/mol. The van der Waals surface area contributed by atoms with Crippen LogP contribution in [0.25, 0.3) is 55.1 Å². The van der Waals surface area contributed by atoms with Gasteiger partial charge in [-0.15, -0.1) is 0 Å². The SMILES string of the molecule is c1ccc(-n2c3ccccc3c3ccc4c5ccccc5n(-c5cccc(N6c7ccccc7Oc7ccccc76)n5)c4c32)cc1. The van der Waals surface area contributed by atoms with Crippen molar-refractivity contribution in [3.8, 4) is 23.0 Å². The van der Waals surface area contributed by atoms with Crippen molar-refractivity contribution >= 4 is 60.8 Å². The number of aromatic nitrogens is 3. The van der Waals surface area contributed by atoms with Crippen molar-refractivity contribution in [3.63, 3.8) is 0 Å². The van der Waals surface area contributed by atoms with Gasteiger partial charge in [-0.2, -0.15) is 0 Å². The van der Waals surface area contributed by atoms with Crippen LogP contribution in [-0.4, -0.2) is 14.1 Å². The van der Waals surface area contributed by atoms with E-state index < -0.39 is 0 Å². The van der Waals surface area contributed by atoms with Crippen LogP contribution in [0, 0.1) is 0 Å². The summed E-state index contributed by atoms with van der Waals surface area (Å²) in [6.07, 6.45) is 0. The van der Waals surface area contributed by atoms with Crippen molar-refractivity contribution in [2.45, 2.75) is 0 Å². The lowest BCUT2D eigenvalue weighted by atomic mass is 10.1. The smallest absolute Gasteiger partial charge is 0.151 e. The molecule has 0 bridgehead atoms. The molecule has 0 spiro atoms. The van der Waals surface area contributed by atoms with Crippen LogP contribution >= 0.6 is 0 Å². The van der Waals surface area contributed by atoms with Crippen molar-refractivity contribution in [2.24, 2.45) is 0 Å².